The van der Waals surface area contributed by atoms with E-state index in [1.807, 2.05) is 18.5 Å². The Balaban J connectivity index is 2.09. The summed E-state index contributed by atoms with van der Waals surface area (Å²) in [7, 11) is 0. The number of rotatable bonds is 5. The first-order chi connectivity index (χ1) is 8.81. The highest BCUT2D eigenvalue weighted by Crippen LogP contribution is 2.20. The molecule has 0 N–H and O–H groups in total. The fraction of sp³-hybridized carbons (Fsp3) is 0.312. The van der Waals surface area contributed by atoms with E-state index in [4.69, 9.17) is 0 Å². The first-order valence-electron chi connectivity index (χ1n) is 6.49. The number of hydrogen-bond donors (Lipinski definition) is 0. The molecule has 2 rings (SSSR count). The highest BCUT2D eigenvalue weighted by molar-refractivity contribution is 5.17. The van der Waals surface area contributed by atoms with Crippen molar-refractivity contribution in [2.75, 3.05) is 6.54 Å². The molecule has 1 aromatic carbocycles. The molecule has 0 spiro atoms. The summed E-state index contributed by atoms with van der Waals surface area (Å²) in [4.78, 5) is 6.65. The summed E-state index contributed by atoms with van der Waals surface area (Å²) in [5.74, 6) is 0. The lowest BCUT2D eigenvalue weighted by molar-refractivity contribution is 0.212. The van der Waals surface area contributed by atoms with Gasteiger partial charge in [-0.3, -0.25) is 9.88 Å². The van der Waals surface area contributed by atoms with Crippen molar-refractivity contribution in [3.8, 4) is 0 Å². The van der Waals surface area contributed by atoms with Crippen molar-refractivity contribution >= 4 is 0 Å². The van der Waals surface area contributed by atoms with Crippen LogP contribution in [0, 0.1) is 0 Å². The van der Waals surface area contributed by atoms with Gasteiger partial charge >= 0.3 is 0 Å². The molecule has 0 aliphatic carbocycles. The summed E-state index contributed by atoms with van der Waals surface area (Å²) in [6.45, 7) is 6.46. The number of hydrogen-bond acceptors (Lipinski definition) is 2. The van der Waals surface area contributed by atoms with Crippen molar-refractivity contribution in [3.63, 3.8) is 0 Å². The lowest BCUT2D eigenvalue weighted by Crippen LogP contribution is -2.26. The third-order valence-corrected chi connectivity index (χ3v) is 3.35. The van der Waals surface area contributed by atoms with Crippen LogP contribution >= 0.6 is 0 Å². The molecule has 0 amide bonds. The monoisotopic (exact) mass is 240 g/mol. The molecule has 0 aliphatic rings. The maximum atomic E-state index is 4.20. The van der Waals surface area contributed by atoms with Crippen LogP contribution in [-0.2, 0) is 6.54 Å². The number of aromatic nitrogens is 1. The van der Waals surface area contributed by atoms with Crippen LogP contribution in [0.25, 0.3) is 0 Å². The summed E-state index contributed by atoms with van der Waals surface area (Å²) < 4.78 is 0. The smallest absolute Gasteiger partial charge is 0.0338 e. The molecule has 1 aromatic heterocycles. The Hall–Kier alpha value is -1.67. The summed E-state index contributed by atoms with van der Waals surface area (Å²) in [5, 5.41) is 0. The Morgan fingerprint density at radius 2 is 1.89 bits per heavy atom. The molecule has 0 saturated heterocycles. The zero-order valence-electron chi connectivity index (χ0n) is 11.1. The van der Waals surface area contributed by atoms with Crippen molar-refractivity contribution in [3.05, 3.63) is 66.0 Å². The molecule has 18 heavy (non-hydrogen) atoms. The van der Waals surface area contributed by atoms with Crippen LogP contribution in [0.5, 0.6) is 0 Å². The highest BCUT2D eigenvalue weighted by atomic mass is 15.1. The average molecular weight is 240 g/mol. The highest BCUT2D eigenvalue weighted by Gasteiger charge is 2.14. The molecule has 0 aliphatic heterocycles. The number of nitrogens with zero attached hydrogens (tertiary/aromatic N) is 2. The fourth-order valence-corrected chi connectivity index (χ4v) is 2.17. The molecule has 1 unspecified atom stereocenters. The van der Waals surface area contributed by atoms with Gasteiger partial charge in [0.25, 0.3) is 0 Å². The molecule has 2 heteroatoms. The topological polar surface area (TPSA) is 16.1 Å². The van der Waals surface area contributed by atoms with Crippen LogP contribution in [0.15, 0.2) is 54.9 Å². The van der Waals surface area contributed by atoms with E-state index >= 15 is 0 Å². The molecule has 0 radical (unpaired) electrons. The van der Waals surface area contributed by atoms with E-state index < -0.39 is 0 Å². The van der Waals surface area contributed by atoms with E-state index in [2.05, 4.69) is 60.1 Å². The van der Waals surface area contributed by atoms with Gasteiger partial charge in [-0.2, -0.15) is 0 Å². The van der Waals surface area contributed by atoms with Gasteiger partial charge in [-0.05, 0) is 30.7 Å². The van der Waals surface area contributed by atoms with E-state index in [-0.39, 0.29) is 0 Å². The number of pyridine rings is 1. The Morgan fingerprint density at radius 3 is 2.50 bits per heavy atom. The predicted octanol–water partition coefficient (Wildman–Crippen LogP) is 3.66. The Kier molecular flexibility index (Phi) is 4.48. The van der Waals surface area contributed by atoms with Gasteiger partial charge in [0, 0.05) is 25.0 Å². The molecule has 0 bridgehead atoms. The largest absolute Gasteiger partial charge is 0.293 e. The van der Waals surface area contributed by atoms with Crippen molar-refractivity contribution in [1.82, 2.24) is 9.88 Å². The minimum atomic E-state index is 0.393. The van der Waals surface area contributed by atoms with Crippen LogP contribution in [0.3, 0.4) is 0 Å². The second-order valence-corrected chi connectivity index (χ2v) is 4.51. The normalized spacial score (nSPS) is 12.6. The molecule has 1 heterocycles. The second kappa shape index (κ2) is 6.31. The SMILES string of the molecule is CCN(Cc1ccccc1)C(C)c1cccnc1. The summed E-state index contributed by atoms with van der Waals surface area (Å²) in [6, 6.07) is 15.1. The summed E-state index contributed by atoms with van der Waals surface area (Å²) in [6.07, 6.45) is 3.78. The molecular weight excluding hydrogens is 220 g/mol. The average Bonchev–Trinajstić information content (AvgIpc) is 2.46. The quantitative estimate of drug-likeness (QED) is 0.792. The van der Waals surface area contributed by atoms with E-state index in [9.17, 15) is 0 Å². The van der Waals surface area contributed by atoms with Crippen molar-refractivity contribution in [2.45, 2.75) is 26.4 Å². The van der Waals surface area contributed by atoms with Crippen molar-refractivity contribution in [2.24, 2.45) is 0 Å². The van der Waals surface area contributed by atoms with Gasteiger partial charge in [0.15, 0.2) is 0 Å². The Bertz CT molecular complexity index is 453. The molecule has 2 aromatic rings. The van der Waals surface area contributed by atoms with Gasteiger partial charge in [-0.15, -0.1) is 0 Å². The maximum Gasteiger partial charge on any atom is 0.0338 e. The van der Waals surface area contributed by atoms with Gasteiger partial charge in [-0.1, -0.05) is 43.3 Å². The van der Waals surface area contributed by atoms with Gasteiger partial charge in [-0.25, -0.2) is 0 Å². The van der Waals surface area contributed by atoms with Gasteiger partial charge in [0.2, 0.25) is 0 Å². The van der Waals surface area contributed by atoms with E-state index in [1.54, 1.807) is 0 Å². The molecule has 2 nitrogen and oxygen atoms in total. The van der Waals surface area contributed by atoms with Crippen LogP contribution in [0.2, 0.25) is 0 Å². The van der Waals surface area contributed by atoms with E-state index in [0.29, 0.717) is 6.04 Å². The molecule has 94 valence electrons. The summed E-state index contributed by atoms with van der Waals surface area (Å²) >= 11 is 0. The van der Waals surface area contributed by atoms with Crippen molar-refractivity contribution < 1.29 is 0 Å². The predicted molar refractivity (Wildman–Crippen MR) is 75.2 cm³/mol. The zero-order valence-corrected chi connectivity index (χ0v) is 11.1. The van der Waals surface area contributed by atoms with E-state index in [0.717, 1.165) is 13.1 Å². The lowest BCUT2D eigenvalue weighted by atomic mass is 10.1. The fourth-order valence-electron chi connectivity index (χ4n) is 2.17. The van der Waals surface area contributed by atoms with Crippen LogP contribution in [-0.4, -0.2) is 16.4 Å². The van der Waals surface area contributed by atoms with E-state index in [1.165, 1.54) is 11.1 Å². The van der Waals surface area contributed by atoms with Crippen LogP contribution in [0.1, 0.15) is 31.0 Å². The second-order valence-electron chi connectivity index (χ2n) is 4.51. The summed E-state index contributed by atoms with van der Waals surface area (Å²) in [5.41, 5.74) is 2.63. The van der Waals surface area contributed by atoms with Crippen molar-refractivity contribution in [1.29, 1.82) is 0 Å². The van der Waals surface area contributed by atoms with Gasteiger partial charge in [0.1, 0.15) is 0 Å². The molecular formula is C16H20N2. The minimum absolute atomic E-state index is 0.393. The number of benzene rings is 1. The standard InChI is InChI=1S/C16H20N2/c1-3-18(13-15-8-5-4-6-9-15)14(2)16-10-7-11-17-12-16/h4-12,14H,3,13H2,1-2H3. The lowest BCUT2D eigenvalue weighted by Gasteiger charge is -2.28. The third-order valence-electron chi connectivity index (χ3n) is 3.35. The Labute approximate surface area is 109 Å². The first-order valence-corrected chi connectivity index (χ1v) is 6.49. The van der Waals surface area contributed by atoms with Gasteiger partial charge in [0.05, 0.1) is 0 Å². The van der Waals surface area contributed by atoms with Crippen LogP contribution < -0.4 is 0 Å². The molecule has 1 atom stereocenters. The first kappa shape index (κ1) is 12.8. The molecule has 0 fully saturated rings. The Morgan fingerprint density at radius 1 is 1.11 bits per heavy atom. The maximum absolute atomic E-state index is 4.20. The van der Waals surface area contributed by atoms with Gasteiger partial charge < -0.3 is 0 Å². The molecule has 0 saturated carbocycles. The third kappa shape index (κ3) is 3.17. The minimum Gasteiger partial charge on any atom is -0.293 e. The van der Waals surface area contributed by atoms with Crippen LogP contribution in [0.4, 0.5) is 0 Å². The zero-order chi connectivity index (χ0) is 12.8.